The maximum Gasteiger partial charge on any atom is 0.330 e. The molecule has 0 amide bonds. The lowest BCUT2D eigenvalue weighted by molar-refractivity contribution is -0.137. The highest BCUT2D eigenvalue weighted by molar-refractivity contribution is 5.87. The molecule has 0 aliphatic carbocycles. The van der Waals surface area contributed by atoms with Crippen LogP contribution in [0.5, 0.6) is 0 Å². The minimum absolute atomic E-state index is 0.321. The van der Waals surface area contributed by atoms with Crippen LogP contribution in [-0.2, 0) is 16.0 Å². The van der Waals surface area contributed by atoms with Crippen LogP contribution in [0.4, 0.5) is 5.69 Å². The zero-order valence-electron chi connectivity index (χ0n) is 16.7. The molecule has 0 spiro atoms. The molecule has 0 bridgehead atoms. The predicted molar refractivity (Wildman–Crippen MR) is 115 cm³/mol. The van der Waals surface area contributed by atoms with Crippen molar-refractivity contribution in [3.63, 3.8) is 0 Å². The normalized spacial score (nSPS) is 11.2. The van der Waals surface area contributed by atoms with Crippen LogP contribution in [0.15, 0.2) is 48.5 Å². The first-order valence-electron chi connectivity index (χ1n) is 9.80. The van der Waals surface area contributed by atoms with E-state index in [1.807, 2.05) is 12.1 Å². The number of esters is 1. The van der Waals surface area contributed by atoms with Crippen LogP contribution in [0.3, 0.4) is 0 Å². The van der Waals surface area contributed by atoms with Gasteiger partial charge in [0.25, 0.3) is 0 Å². The fourth-order valence-electron chi connectivity index (χ4n) is 3.21. The van der Waals surface area contributed by atoms with Crippen molar-refractivity contribution < 1.29 is 9.53 Å². The van der Waals surface area contributed by atoms with E-state index in [1.165, 1.54) is 11.8 Å². The molecule has 0 atom stereocenters. The average Bonchev–Trinajstić information content (AvgIpc) is 3.10. The van der Waals surface area contributed by atoms with Crippen molar-refractivity contribution in [1.29, 1.82) is 0 Å². The Morgan fingerprint density at radius 3 is 2.54 bits per heavy atom. The van der Waals surface area contributed by atoms with Crippen molar-refractivity contribution in [2.45, 2.75) is 27.2 Å². The van der Waals surface area contributed by atoms with Gasteiger partial charge in [-0.3, -0.25) is 0 Å². The average molecular weight is 377 g/mol. The first-order valence-corrected chi connectivity index (χ1v) is 9.80. The van der Waals surface area contributed by atoms with E-state index in [9.17, 15) is 4.79 Å². The van der Waals surface area contributed by atoms with Crippen LogP contribution in [0, 0.1) is 0 Å². The number of imidazole rings is 1. The van der Waals surface area contributed by atoms with Crippen molar-refractivity contribution in [3.05, 3.63) is 65.5 Å². The number of nitrogens with one attached hydrogen (secondary N) is 1. The number of aromatic nitrogens is 2. The van der Waals surface area contributed by atoms with Crippen molar-refractivity contribution in [1.82, 2.24) is 9.97 Å². The van der Waals surface area contributed by atoms with E-state index in [0.29, 0.717) is 6.61 Å². The quantitative estimate of drug-likeness (QED) is 0.461. The van der Waals surface area contributed by atoms with Gasteiger partial charge in [0.1, 0.15) is 5.82 Å². The van der Waals surface area contributed by atoms with Crippen LogP contribution < -0.4 is 4.90 Å². The van der Waals surface area contributed by atoms with Gasteiger partial charge in [0.15, 0.2) is 0 Å². The van der Waals surface area contributed by atoms with E-state index in [1.54, 1.807) is 13.0 Å². The Kier molecular flexibility index (Phi) is 6.48. The van der Waals surface area contributed by atoms with Gasteiger partial charge in [-0.15, -0.1) is 0 Å². The molecule has 0 saturated heterocycles. The summed E-state index contributed by atoms with van der Waals surface area (Å²) in [5, 5.41) is 0. The van der Waals surface area contributed by atoms with Gasteiger partial charge in [-0.05, 0) is 56.2 Å². The number of carbonyl (C=O) groups excluding carboxylic acids is 1. The zero-order chi connectivity index (χ0) is 19.9. The van der Waals surface area contributed by atoms with E-state index >= 15 is 0 Å². The number of ether oxygens (including phenoxy) is 1. The van der Waals surface area contributed by atoms with E-state index in [-0.39, 0.29) is 5.97 Å². The molecule has 146 valence electrons. The molecule has 0 fully saturated rings. The summed E-state index contributed by atoms with van der Waals surface area (Å²) in [7, 11) is 0. The van der Waals surface area contributed by atoms with Gasteiger partial charge in [0.2, 0.25) is 0 Å². The number of aromatic amines is 1. The van der Waals surface area contributed by atoms with Gasteiger partial charge in [-0.1, -0.05) is 24.3 Å². The zero-order valence-corrected chi connectivity index (χ0v) is 16.7. The highest BCUT2D eigenvalue weighted by Crippen LogP contribution is 2.21. The van der Waals surface area contributed by atoms with Gasteiger partial charge >= 0.3 is 5.97 Å². The van der Waals surface area contributed by atoms with Crippen molar-refractivity contribution >= 4 is 28.8 Å². The maximum atomic E-state index is 11.4. The van der Waals surface area contributed by atoms with E-state index in [4.69, 9.17) is 9.72 Å². The molecule has 0 aliphatic heterocycles. The predicted octanol–water partition coefficient (Wildman–Crippen LogP) is 4.58. The number of anilines is 1. The molecular formula is C23H27N3O2. The van der Waals surface area contributed by atoms with Gasteiger partial charge in [0, 0.05) is 31.3 Å². The highest BCUT2D eigenvalue weighted by Gasteiger charge is 2.07. The molecule has 2 aromatic carbocycles. The second-order valence-electron chi connectivity index (χ2n) is 6.56. The fourth-order valence-corrected chi connectivity index (χ4v) is 3.21. The molecule has 1 N–H and O–H groups in total. The van der Waals surface area contributed by atoms with E-state index in [2.05, 4.69) is 54.1 Å². The molecule has 3 rings (SSSR count). The Hall–Kier alpha value is -3.08. The number of nitrogens with zero attached hydrogens (tertiary/aromatic N) is 2. The van der Waals surface area contributed by atoms with Gasteiger partial charge in [-0.25, -0.2) is 9.78 Å². The highest BCUT2D eigenvalue weighted by atomic mass is 16.5. The molecular weight excluding hydrogens is 350 g/mol. The smallest absolute Gasteiger partial charge is 0.330 e. The Morgan fingerprint density at radius 2 is 1.86 bits per heavy atom. The lowest BCUT2D eigenvalue weighted by atomic mass is 10.1. The Labute approximate surface area is 166 Å². The van der Waals surface area contributed by atoms with E-state index < -0.39 is 0 Å². The SMILES string of the molecule is CCOC(=O)C=Cc1ccc(Cc2nc3ccc(N(CC)CC)cc3[nH]2)cc1. The third-order valence-corrected chi connectivity index (χ3v) is 4.69. The van der Waals surface area contributed by atoms with Crippen molar-refractivity contribution in [3.8, 4) is 0 Å². The lowest BCUT2D eigenvalue weighted by Crippen LogP contribution is -2.21. The molecule has 5 nitrogen and oxygen atoms in total. The molecule has 0 radical (unpaired) electrons. The van der Waals surface area contributed by atoms with Gasteiger partial charge in [-0.2, -0.15) is 0 Å². The summed E-state index contributed by atoms with van der Waals surface area (Å²) in [4.78, 5) is 21.9. The van der Waals surface area contributed by atoms with Crippen LogP contribution in [0.2, 0.25) is 0 Å². The molecule has 0 unspecified atom stereocenters. The van der Waals surface area contributed by atoms with Gasteiger partial charge in [0.05, 0.1) is 17.6 Å². The number of benzene rings is 2. The van der Waals surface area contributed by atoms with Crippen LogP contribution in [-0.4, -0.2) is 35.6 Å². The standard InChI is InChI=1S/C23H27N3O2/c1-4-26(5-2)19-12-13-20-21(16-19)25-22(24-20)15-18-9-7-17(8-10-18)11-14-23(27)28-6-3/h7-14,16H,4-6,15H2,1-3H3,(H,24,25). The molecule has 5 heteroatoms. The summed E-state index contributed by atoms with van der Waals surface area (Å²) in [6, 6.07) is 14.5. The summed E-state index contributed by atoms with van der Waals surface area (Å²) in [5.74, 6) is 0.624. The third kappa shape index (κ3) is 4.80. The Balaban J connectivity index is 1.71. The summed E-state index contributed by atoms with van der Waals surface area (Å²) in [5.41, 5.74) is 5.39. The topological polar surface area (TPSA) is 58.2 Å². The van der Waals surface area contributed by atoms with Crippen LogP contribution >= 0.6 is 0 Å². The van der Waals surface area contributed by atoms with Crippen molar-refractivity contribution in [2.24, 2.45) is 0 Å². The summed E-state index contributed by atoms with van der Waals surface area (Å²) in [6.07, 6.45) is 3.94. The Bertz CT molecular complexity index is 954. The molecule has 28 heavy (non-hydrogen) atoms. The fraction of sp³-hybridized carbons (Fsp3) is 0.304. The number of H-pyrrole nitrogens is 1. The number of hydrogen-bond acceptors (Lipinski definition) is 4. The Morgan fingerprint density at radius 1 is 1.11 bits per heavy atom. The minimum atomic E-state index is -0.321. The largest absolute Gasteiger partial charge is 0.463 e. The molecule has 1 heterocycles. The minimum Gasteiger partial charge on any atom is -0.463 e. The third-order valence-electron chi connectivity index (χ3n) is 4.69. The maximum absolute atomic E-state index is 11.4. The lowest BCUT2D eigenvalue weighted by Gasteiger charge is -2.20. The summed E-state index contributed by atoms with van der Waals surface area (Å²) < 4.78 is 4.89. The molecule has 1 aromatic heterocycles. The number of fused-ring (bicyclic) bond motifs is 1. The second kappa shape index (κ2) is 9.22. The first kappa shape index (κ1) is 19.7. The number of rotatable bonds is 8. The summed E-state index contributed by atoms with van der Waals surface area (Å²) >= 11 is 0. The monoisotopic (exact) mass is 377 g/mol. The second-order valence-corrected chi connectivity index (χ2v) is 6.56. The van der Waals surface area contributed by atoms with Gasteiger partial charge < -0.3 is 14.6 Å². The first-order chi connectivity index (χ1) is 13.6. The van der Waals surface area contributed by atoms with Crippen molar-refractivity contribution in [2.75, 3.05) is 24.6 Å². The van der Waals surface area contributed by atoms with E-state index in [0.717, 1.165) is 47.5 Å². The molecule has 3 aromatic rings. The molecule has 0 aliphatic rings. The van der Waals surface area contributed by atoms with Crippen LogP contribution in [0.25, 0.3) is 17.1 Å². The summed E-state index contributed by atoms with van der Waals surface area (Å²) in [6.45, 7) is 8.48. The number of carbonyl (C=O) groups is 1. The van der Waals surface area contributed by atoms with Crippen LogP contribution in [0.1, 0.15) is 37.7 Å². The number of hydrogen-bond donors (Lipinski definition) is 1. The molecule has 0 saturated carbocycles.